The summed E-state index contributed by atoms with van der Waals surface area (Å²) in [5, 5.41) is 12.6. The van der Waals surface area contributed by atoms with Gasteiger partial charge in [-0.1, -0.05) is 54.6 Å². The molecule has 0 bridgehead atoms. The number of hydrogen-bond donors (Lipinski definition) is 1. The Labute approximate surface area is 117 Å². The Balaban J connectivity index is 2.24. The highest BCUT2D eigenvalue weighted by Gasteiger charge is 2.18. The Kier molecular flexibility index (Phi) is 3.25. The van der Waals surface area contributed by atoms with Gasteiger partial charge in [0.25, 0.3) is 0 Å². The molecule has 0 aliphatic carbocycles. The second kappa shape index (κ2) is 5.06. The lowest BCUT2D eigenvalue weighted by atomic mass is 9.92. The van der Waals surface area contributed by atoms with Crippen LogP contribution in [0.1, 0.15) is 22.8 Å². The molecule has 0 spiro atoms. The lowest BCUT2D eigenvalue weighted by Gasteiger charge is -2.17. The largest absolute Gasteiger partial charge is 0.384 e. The first kappa shape index (κ1) is 12.8. The minimum atomic E-state index is -0.956. The molecule has 0 saturated heterocycles. The third kappa shape index (κ3) is 2.08. The summed E-state index contributed by atoms with van der Waals surface area (Å²) >= 11 is 0. The Morgan fingerprint density at radius 3 is 2.40 bits per heavy atom. The van der Waals surface area contributed by atoms with Crippen molar-refractivity contribution in [1.82, 2.24) is 0 Å². The van der Waals surface area contributed by atoms with E-state index in [2.05, 4.69) is 0 Å². The molecule has 0 saturated carbocycles. The van der Waals surface area contributed by atoms with Crippen LogP contribution >= 0.6 is 0 Å². The molecule has 0 radical (unpaired) electrons. The number of hydrogen-bond acceptors (Lipinski definition) is 1. The Bertz CT molecular complexity index is 764. The smallest absolute Gasteiger partial charge is 0.129 e. The second-order valence-electron chi connectivity index (χ2n) is 4.94. The molecule has 0 heterocycles. The van der Waals surface area contributed by atoms with Gasteiger partial charge in [-0.15, -0.1) is 0 Å². The molecule has 0 aromatic heterocycles. The first-order valence-corrected chi connectivity index (χ1v) is 6.59. The quantitative estimate of drug-likeness (QED) is 0.730. The van der Waals surface area contributed by atoms with Gasteiger partial charge < -0.3 is 5.11 Å². The zero-order chi connectivity index (χ0) is 14.1. The van der Waals surface area contributed by atoms with Crippen molar-refractivity contribution in [2.45, 2.75) is 13.0 Å². The molecule has 1 atom stereocenters. The summed E-state index contributed by atoms with van der Waals surface area (Å²) in [6.45, 7) is 1.94. The fourth-order valence-corrected chi connectivity index (χ4v) is 2.62. The third-order valence-corrected chi connectivity index (χ3v) is 3.66. The first-order chi connectivity index (χ1) is 9.68. The predicted octanol–water partition coefficient (Wildman–Crippen LogP) is 4.37. The maximum atomic E-state index is 13.9. The Hall–Kier alpha value is -2.19. The van der Waals surface area contributed by atoms with Gasteiger partial charge in [-0.25, -0.2) is 4.39 Å². The SMILES string of the molecule is Cc1ccc2ccccc2c1[C@@H](O)c1ccccc1F. The summed E-state index contributed by atoms with van der Waals surface area (Å²) in [6.07, 6.45) is -0.956. The maximum Gasteiger partial charge on any atom is 0.129 e. The first-order valence-electron chi connectivity index (χ1n) is 6.59. The van der Waals surface area contributed by atoms with Crippen LogP contribution in [0.2, 0.25) is 0 Å². The highest BCUT2D eigenvalue weighted by atomic mass is 19.1. The van der Waals surface area contributed by atoms with Crippen LogP contribution in [0.4, 0.5) is 4.39 Å². The summed E-state index contributed by atoms with van der Waals surface area (Å²) < 4.78 is 13.9. The van der Waals surface area contributed by atoms with Gasteiger partial charge in [0.2, 0.25) is 0 Å². The van der Waals surface area contributed by atoms with Crippen LogP contribution < -0.4 is 0 Å². The molecular weight excluding hydrogens is 251 g/mol. The Morgan fingerprint density at radius 1 is 0.900 bits per heavy atom. The number of fused-ring (bicyclic) bond motifs is 1. The molecule has 1 nitrogen and oxygen atoms in total. The van der Waals surface area contributed by atoms with E-state index in [1.165, 1.54) is 6.07 Å². The van der Waals surface area contributed by atoms with E-state index in [1.807, 2.05) is 43.3 Å². The molecule has 100 valence electrons. The number of aryl methyl sites for hydroxylation is 1. The van der Waals surface area contributed by atoms with Gasteiger partial charge in [-0.3, -0.25) is 0 Å². The van der Waals surface area contributed by atoms with Crippen LogP contribution in [0, 0.1) is 12.7 Å². The van der Waals surface area contributed by atoms with Gasteiger partial charge in [0.05, 0.1) is 0 Å². The highest BCUT2D eigenvalue weighted by molar-refractivity contribution is 5.87. The molecule has 0 aliphatic rings. The van der Waals surface area contributed by atoms with Gasteiger partial charge in [-0.2, -0.15) is 0 Å². The summed E-state index contributed by atoms with van der Waals surface area (Å²) in [4.78, 5) is 0. The van der Waals surface area contributed by atoms with Crippen LogP contribution in [-0.2, 0) is 0 Å². The lowest BCUT2D eigenvalue weighted by molar-refractivity contribution is 0.216. The summed E-state index contributed by atoms with van der Waals surface area (Å²) in [7, 11) is 0. The minimum Gasteiger partial charge on any atom is -0.384 e. The maximum absolute atomic E-state index is 13.9. The number of benzene rings is 3. The van der Waals surface area contributed by atoms with Crippen molar-refractivity contribution in [2.75, 3.05) is 0 Å². The average molecular weight is 266 g/mol. The van der Waals surface area contributed by atoms with Crippen molar-refractivity contribution in [3.63, 3.8) is 0 Å². The van der Waals surface area contributed by atoms with Crippen LogP contribution in [-0.4, -0.2) is 5.11 Å². The normalized spacial score (nSPS) is 12.6. The fraction of sp³-hybridized carbons (Fsp3) is 0.111. The number of aliphatic hydroxyl groups excluding tert-OH is 1. The van der Waals surface area contributed by atoms with E-state index >= 15 is 0 Å². The van der Waals surface area contributed by atoms with E-state index in [1.54, 1.807) is 18.2 Å². The van der Waals surface area contributed by atoms with Crippen molar-refractivity contribution >= 4 is 10.8 Å². The summed E-state index contributed by atoms with van der Waals surface area (Å²) in [5.41, 5.74) is 2.04. The van der Waals surface area contributed by atoms with Gasteiger partial charge in [0.1, 0.15) is 11.9 Å². The lowest BCUT2D eigenvalue weighted by Crippen LogP contribution is -2.05. The topological polar surface area (TPSA) is 20.2 Å². The molecule has 0 amide bonds. The Morgan fingerprint density at radius 2 is 1.60 bits per heavy atom. The van der Waals surface area contributed by atoms with Crippen molar-refractivity contribution in [1.29, 1.82) is 0 Å². The van der Waals surface area contributed by atoms with Gasteiger partial charge in [0.15, 0.2) is 0 Å². The van der Waals surface area contributed by atoms with Crippen LogP contribution in [0.5, 0.6) is 0 Å². The van der Waals surface area contributed by atoms with Crippen LogP contribution in [0.15, 0.2) is 60.7 Å². The molecule has 3 aromatic carbocycles. The van der Waals surface area contributed by atoms with E-state index in [-0.39, 0.29) is 5.82 Å². The standard InChI is InChI=1S/C18H15FO/c1-12-10-11-13-6-2-3-7-14(13)17(12)18(20)15-8-4-5-9-16(15)19/h2-11,18,20H,1H3/t18-/m0/s1. The number of halogens is 1. The minimum absolute atomic E-state index is 0.312. The van der Waals surface area contributed by atoms with E-state index in [0.29, 0.717) is 5.56 Å². The zero-order valence-corrected chi connectivity index (χ0v) is 11.2. The van der Waals surface area contributed by atoms with E-state index in [4.69, 9.17) is 0 Å². The molecule has 20 heavy (non-hydrogen) atoms. The zero-order valence-electron chi connectivity index (χ0n) is 11.2. The fourth-order valence-electron chi connectivity index (χ4n) is 2.62. The van der Waals surface area contributed by atoms with E-state index < -0.39 is 6.10 Å². The van der Waals surface area contributed by atoms with Gasteiger partial charge in [-0.05, 0) is 34.9 Å². The molecular formula is C18H15FO. The van der Waals surface area contributed by atoms with Crippen LogP contribution in [0.3, 0.4) is 0 Å². The van der Waals surface area contributed by atoms with Crippen molar-refractivity contribution < 1.29 is 9.50 Å². The van der Waals surface area contributed by atoms with E-state index in [0.717, 1.165) is 21.9 Å². The second-order valence-corrected chi connectivity index (χ2v) is 4.94. The van der Waals surface area contributed by atoms with Crippen molar-refractivity contribution in [3.8, 4) is 0 Å². The van der Waals surface area contributed by atoms with E-state index in [9.17, 15) is 9.50 Å². The molecule has 3 aromatic rings. The van der Waals surface area contributed by atoms with Crippen LogP contribution in [0.25, 0.3) is 10.8 Å². The van der Waals surface area contributed by atoms with Crippen molar-refractivity contribution in [3.05, 3.63) is 83.2 Å². The molecule has 3 rings (SSSR count). The van der Waals surface area contributed by atoms with Gasteiger partial charge in [0, 0.05) is 5.56 Å². The molecule has 0 fully saturated rings. The van der Waals surface area contributed by atoms with Gasteiger partial charge >= 0.3 is 0 Å². The summed E-state index contributed by atoms with van der Waals surface area (Å²) in [6, 6.07) is 18.2. The highest BCUT2D eigenvalue weighted by Crippen LogP contribution is 2.32. The van der Waals surface area contributed by atoms with Crippen molar-refractivity contribution in [2.24, 2.45) is 0 Å². The summed E-state index contributed by atoms with van der Waals surface area (Å²) in [5.74, 6) is -0.382. The monoisotopic (exact) mass is 266 g/mol. The number of aliphatic hydroxyl groups is 1. The predicted molar refractivity (Wildman–Crippen MR) is 79.1 cm³/mol. The number of rotatable bonds is 2. The average Bonchev–Trinajstić information content (AvgIpc) is 2.47. The molecule has 0 unspecified atom stereocenters. The molecule has 2 heteroatoms. The molecule has 0 aliphatic heterocycles. The molecule has 1 N–H and O–H groups in total. The third-order valence-electron chi connectivity index (χ3n) is 3.66.